The van der Waals surface area contributed by atoms with E-state index in [1.165, 1.54) is 18.3 Å². The number of hydrogen-bond donors (Lipinski definition) is 2. The molecule has 0 saturated carbocycles. The summed E-state index contributed by atoms with van der Waals surface area (Å²) in [6.45, 7) is 1.78. The molecule has 200 valence electrons. The van der Waals surface area contributed by atoms with E-state index in [9.17, 15) is 31.5 Å². The molecule has 0 bridgehead atoms. The lowest BCUT2D eigenvalue weighted by atomic mass is 9.74. The molecule has 9 nitrogen and oxygen atoms in total. The Bertz CT molecular complexity index is 1440. The Labute approximate surface area is 216 Å². The van der Waals surface area contributed by atoms with E-state index in [-0.39, 0.29) is 52.6 Å². The number of halogens is 3. The van der Waals surface area contributed by atoms with Crippen molar-refractivity contribution in [2.75, 3.05) is 31.9 Å². The van der Waals surface area contributed by atoms with E-state index in [4.69, 9.17) is 0 Å². The van der Waals surface area contributed by atoms with Crippen molar-refractivity contribution in [3.63, 3.8) is 0 Å². The van der Waals surface area contributed by atoms with Gasteiger partial charge in [-0.05, 0) is 24.3 Å². The molecule has 1 amide bonds. The SMILES string of the molecule is O=C(c1cnc(O)cn1)N1CC(CS(=O)(=O)Cc2cccc(-c3ccc(C(F)(F)F)cc3)n2)C2(CNC2)C1. The Kier molecular flexibility index (Phi) is 6.59. The molecule has 0 radical (unpaired) electrons. The van der Waals surface area contributed by atoms with Crippen molar-refractivity contribution in [3.8, 4) is 17.1 Å². The molecule has 1 atom stereocenters. The highest BCUT2D eigenvalue weighted by atomic mass is 32.2. The number of alkyl halides is 3. The molecular formula is C25H24F3N5O4S. The van der Waals surface area contributed by atoms with Crippen molar-refractivity contribution in [1.82, 2.24) is 25.2 Å². The van der Waals surface area contributed by atoms with Crippen molar-refractivity contribution in [2.24, 2.45) is 11.3 Å². The summed E-state index contributed by atoms with van der Waals surface area (Å²) >= 11 is 0. The van der Waals surface area contributed by atoms with Crippen molar-refractivity contribution >= 4 is 15.7 Å². The third kappa shape index (κ3) is 5.34. The fourth-order valence-corrected chi connectivity index (χ4v) is 6.80. The third-order valence-corrected chi connectivity index (χ3v) is 8.69. The number of benzene rings is 1. The zero-order valence-electron chi connectivity index (χ0n) is 20.0. The van der Waals surface area contributed by atoms with Gasteiger partial charge in [-0.15, -0.1) is 0 Å². The molecule has 2 saturated heterocycles. The summed E-state index contributed by atoms with van der Waals surface area (Å²) in [6, 6.07) is 9.34. The summed E-state index contributed by atoms with van der Waals surface area (Å²) in [5, 5.41) is 12.5. The van der Waals surface area contributed by atoms with Crippen LogP contribution in [0.3, 0.4) is 0 Å². The number of carbonyl (C=O) groups excluding carboxylic acids is 1. The number of hydrogen-bond acceptors (Lipinski definition) is 8. The highest BCUT2D eigenvalue weighted by molar-refractivity contribution is 7.90. The lowest BCUT2D eigenvalue weighted by molar-refractivity contribution is -0.137. The number of sulfone groups is 1. The summed E-state index contributed by atoms with van der Waals surface area (Å²) in [5.41, 5.74) is 0.0213. The maximum absolute atomic E-state index is 13.2. The second kappa shape index (κ2) is 9.62. The first-order valence-electron chi connectivity index (χ1n) is 11.8. The van der Waals surface area contributed by atoms with Gasteiger partial charge in [-0.2, -0.15) is 13.2 Å². The standard InChI is InChI=1S/C25H24F3N5O4S/c26-25(27,28)17-6-4-16(5-7-17)20-3-1-2-19(32-20)12-38(36,37)11-18-10-33(15-24(18)13-29-14-24)23(35)21-8-31-22(34)9-30-21/h1-9,18,29H,10-15H2,(H,31,34). The first-order valence-corrected chi connectivity index (χ1v) is 13.6. The molecule has 2 fully saturated rings. The van der Waals surface area contributed by atoms with Crippen LogP contribution < -0.4 is 5.32 Å². The van der Waals surface area contributed by atoms with Crippen LogP contribution in [-0.4, -0.2) is 71.2 Å². The van der Waals surface area contributed by atoms with Gasteiger partial charge in [0.25, 0.3) is 5.91 Å². The van der Waals surface area contributed by atoms with Gasteiger partial charge in [0, 0.05) is 43.1 Å². The highest BCUT2D eigenvalue weighted by Crippen LogP contribution is 2.41. The van der Waals surface area contributed by atoms with Gasteiger partial charge in [-0.25, -0.2) is 18.4 Å². The Morgan fingerprint density at radius 2 is 1.84 bits per heavy atom. The Morgan fingerprint density at radius 1 is 1.11 bits per heavy atom. The monoisotopic (exact) mass is 547 g/mol. The maximum Gasteiger partial charge on any atom is 0.416 e. The first-order chi connectivity index (χ1) is 17.9. The van der Waals surface area contributed by atoms with Crippen LogP contribution in [0.5, 0.6) is 5.88 Å². The van der Waals surface area contributed by atoms with Crippen molar-refractivity contribution < 1.29 is 31.5 Å². The van der Waals surface area contributed by atoms with E-state index in [0.717, 1.165) is 18.3 Å². The fourth-order valence-electron chi connectivity index (χ4n) is 5.00. The van der Waals surface area contributed by atoms with E-state index in [2.05, 4.69) is 20.3 Å². The number of nitrogens with zero attached hydrogens (tertiary/aromatic N) is 4. The molecule has 2 N–H and O–H groups in total. The van der Waals surface area contributed by atoms with Crippen LogP contribution in [0.15, 0.2) is 54.9 Å². The van der Waals surface area contributed by atoms with E-state index in [1.54, 1.807) is 23.1 Å². The number of pyridine rings is 1. The minimum Gasteiger partial charge on any atom is -0.492 e. The summed E-state index contributed by atoms with van der Waals surface area (Å²) in [5.74, 6) is -1.47. The number of likely N-dealkylation sites (tertiary alicyclic amines) is 1. The third-order valence-electron chi connectivity index (χ3n) is 7.05. The number of amides is 1. The second-order valence-corrected chi connectivity index (χ2v) is 11.9. The van der Waals surface area contributed by atoms with Gasteiger partial charge in [0.1, 0.15) is 5.69 Å². The Balaban J connectivity index is 1.29. The maximum atomic E-state index is 13.2. The van der Waals surface area contributed by atoms with Gasteiger partial charge in [-0.1, -0.05) is 18.2 Å². The van der Waals surface area contributed by atoms with Crippen LogP contribution in [0.1, 0.15) is 21.7 Å². The smallest absolute Gasteiger partial charge is 0.416 e. The molecule has 13 heteroatoms. The van der Waals surface area contributed by atoms with Crippen molar-refractivity contribution in [1.29, 1.82) is 0 Å². The van der Waals surface area contributed by atoms with Crippen molar-refractivity contribution in [3.05, 3.63) is 71.8 Å². The van der Waals surface area contributed by atoms with Crippen LogP contribution >= 0.6 is 0 Å². The molecule has 1 unspecified atom stereocenters. The van der Waals surface area contributed by atoms with Gasteiger partial charge in [-0.3, -0.25) is 9.78 Å². The van der Waals surface area contributed by atoms with Crippen LogP contribution in [-0.2, 0) is 21.8 Å². The van der Waals surface area contributed by atoms with Gasteiger partial charge < -0.3 is 15.3 Å². The number of aromatic hydroxyl groups is 1. The van der Waals surface area contributed by atoms with Gasteiger partial charge in [0.05, 0.1) is 40.9 Å². The minimum absolute atomic E-state index is 0.0676. The van der Waals surface area contributed by atoms with E-state index in [0.29, 0.717) is 30.9 Å². The quantitative estimate of drug-likeness (QED) is 0.483. The summed E-state index contributed by atoms with van der Waals surface area (Å²) in [4.78, 5) is 26.5. The highest BCUT2D eigenvalue weighted by Gasteiger charge is 2.53. The molecule has 4 heterocycles. The Morgan fingerprint density at radius 3 is 2.45 bits per heavy atom. The molecule has 2 aliphatic rings. The summed E-state index contributed by atoms with van der Waals surface area (Å²) in [7, 11) is -3.65. The van der Waals surface area contributed by atoms with Gasteiger partial charge in [0.2, 0.25) is 5.88 Å². The summed E-state index contributed by atoms with van der Waals surface area (Å²) in [6.07, 6.45) is -2.19. The average molecular weight is 548 g/mol. The molecule has 3 aromatic rings. The zero-order valence-corrected chi connectivity index (χ0v) is 20.8. The van der Waals surface area contributed by atoms with Crippen LogP contribution in [0.25, 0.3) is 11.3 Å². The van der Waals surface area contributed by atoms with Crippen LogP contribution in [0.4, 0.5) is 13.2 Å². The molecule has 2 aromatic heterocycles. The van der Waals surface area contributed by atoms with E-state index in [1.807, 2.05) is 0 Å². The van der Waals surface area contributed by atoms with Gasteiger partial charge in [0.15, 0.2) is 9.84 Å². The van der Waals surface area contributed by atoms with E-state index >= 15 is 0 Å². The number of nitrogens with one attached hydrogen (secondary N) is 1. The lowest BCUT2D eigenvalue weighted by Gasteiger charge is -2.43. The normalized spacial score (nSPS) is 18.9. The lowest BCUT2D eigenvalue weighted by Crippen LogP contribution is -2.59. The number of carbonyl (C=O) groups is 1. The van der Waals surface area contributed by atoms with Gasteiger partial charge >= 0.3 is 6.18 Å². The first kappa shape index (κ1) is 26.0. The van der Waals surface area contributed by atoms with Crippen molar-refractivity contribution in [2.45, 2.75) is 11.9 Å². The molecule has 1 aromatic carbocycles. The number of aromatic nitrogens is 3. The number of rotatable bonds is 6. The van der Waals surface area contributed by atoms with E-state index < -0.39 is 21.6 Å². The average Bonchev–Trinajstić information content (AvgIpc) is 3.23. The topological polar surface area (TPSA) is 125 Å². The predicted octanol–water partition coefficient (Wildman–Crippen LogP) is 2.54. The molecule has 2 aliphatic heterocycles. The largest absolute Gasteiger partial charge is 0.492 e. The molecular weight excluding hydrogens is 523 g/mol. The molecule has 0 aliphatic carbocycles. The second-order valence-electron chi connectivity index (χ2n) is 9.75. The van der Waals surface area contributed by atoms with Crippen LogP contribution in [0, 0.1) is 11.3 Å². The minimum atomic E-state index is -4.45. The molecule has 1 spiro atoms. The fraction of sp³-hybridized carbons (Fsp3) is 0.360. The zero-order chi connectivity index (χ0) is 27.1. The molecule has 38 heavy (non-hydrogen) atoms. The van der Waals surface area contributed by atoms with Crippen LogP contribution in [0.2, 0.25) is 0 Å². The predicted molar refractivity (Wildman–Crippen MR) is 131 cm³/mol. The summed E-state index contributed by atoms with van der Waals surface area (Å²) < 4.78 is 65.1. The molecule has 5 rings (SSSR count). The Hall–Kier alpha value is -3.58.